The molecule has 0 radical (unpaired) electrons. The van der Waals surface area contributed by atoms with Gasteiger partial charge in [-0.1, -0.05) is 84.5 Å². The van der Waals surface area contributed by atoms with Crippen LogP contribution in [-0.2, 0) is 14.4 Å². The van der Waals surface area contributed by atoms with Crippen molar-refractivity contribution >= 4 is 17.8 Å². The third-order valence-corrected chi connectivity index (χ3v) is 5.25. The predicted octanol–water partition coefficient (Wildman–Crippen LogP) is 5.67. The number of carbonyl (C=O) groups excluding carboxylic acids is 1. The summed E-state index contributed by atoms with van der Waals surface area (Å²) in [6.07, 6.45) is 12.8. The van der Waals surface area contributed by atoms with E-state index < -0.39 is 24.2 Å². The van der Waals surface area contributed by atoms with E-state index in [1.165, 1.54) is 77.0 Å². The second-order valence-corrected chi connectivity index (χ2v) is 8.41. The molecular weight excluding hydrogens is 453 g/mol. The van der Waals surface area contributed by atoms with Crippen LogP contribution in [0.2, 0.25) is 0 Å². The van der Waals surface area contributed by atoms with Crippen LogP contribution in [0.1, 0.15) is 110 Å². The highest BCUT2D eigenvalue weighted by Gasteiger charge is 2.38. The summed E-state index contributed by atoms with van der Waals surface area (Å²) < 4.78 is 31.7. The molecule has 202 valence electrons. The maximum Gasteiger partial charge on any atom is 0.490 e. The number of hydrogen-bond donors (Lipinski definition) is 4. The van der Waals surface area contributed by atoms with E-state index in [1.54, 1.807) is 6.92 Å². The number of hydrogen-bond acceptors (Lipinski definition) is 4. The van der Waals surface area contributed by atoms with Gasteiger partial charge in [0.1, 0.15) is 6.04 Å². The van der Waals surface area contributed by atoms with Gasteiger partial charge in [0, 0.05) is 6.42 Å². The Morgan fingerprint density at radius 2 is 1.15 bits per heavy atom. The first kappa shape index (κ1) is 34.3. The molecule has 0 spiro atoms. The molecule has 7 nitrogen and oxygen atoms in total. The highest BCUT2D eigenvalue weighted by Crippen LogP contribution is 2.13. The van der Waals surface area contributed by atoms with Gasteiger partial charge in [-0.05, 0) is 32.4 Å². The lowest BCUT2D eigenvalue weighted by molar-refractivity contribution is -0.192. The Bertz CT molecular complexity index is 531. The van der Waals surface area contributed by atoms with Crippen LogP contribution < -0.4 is 10.6 Å². The molecule has 0 aromatic carbocycles. The minimum atomic E-state index is -5.08. The average molecular weight is 499 g/mol. The largest absolute Gasteiger partial charge is 0.490 e. The minimum absolute atomic E-state index is 0.170. The molecule has 0 rings (SSSR count). The Balaban J connectivity index is 0. The van der Waals surface area contributed by atoms with Gasteiger partial charge in [-0.15, -0.1) is 0 Å². The molecule has 0 aliphatic carbocycles. The Morgan fingerprint density at radius 1 is 0.735 bits per heavy atom. The molecule has 0 aliphatic rings. The van der Waals surface area contributed by atoms with Crippen molar-refractivity contribution in [2.24, 2.45) is 0 Å². The van der Waals surface area contributed by atoms with Crippen LogP contribution in [0, 0.1) is 0 Å². The average Bonchev–Trinajstić information content (AvgIpc) is 2.76. The van der Waals surface area contributed by atoms with Gasteiger partial charge in [0.05, 0.1) is 0 Å². The standard InChI is InChI=1S/C22H44N2O3.C2HF3O2/c1-3-5-6-7-8-9-10-11-12-13-14-15-18-23-19-16-17-21(25)24-20(4-2)22(26)27;3-2(4,5)1(6)7/h20,23H,3-19H2,1-2H3,(H,24,25)(H,26,27);(H,6,7). The Hall–Kier alpha value is -1.84. The first-order valence-corrected chi connectivity index (χ1v) is 12.6. The van der Waals surface area contributed by atoms with Crippen LogP contribution in [-0.4, -0.2) is 53.4 Å². The molecule has 4 N–H and O–H groups in total. The molecule has 0 aliphatic heterocycles. The number of carbonyl (C=O) groups is 3. The van der Waals surface area contributed by atoms with Crippen LogP contribution in [0.25, 0.3) is 0 Å². The number of alkyl halides is 3. The van der Waals surface area contributed by atoms with E-state index >= 15 is 0 Å². The van der Waals surface area contributed by atoms with Gasteiger partial charge in [0.15, 0.2) is 0 Å². The van der Waals surface area contributed by atoms with Crippen molar-refractivity contribution in [3.05, 3.63) is 0 Å². The quantitative estimate of drug-likeness (QED) is 0.161. The van der Waals surface area contributed by atoms with E-state index in [0.717, 1.165) is 19.5 Å². The van der Waals surface area contributed by atoms with E-state index in [4.69, 9.17) is 15.0 Å². The minimum Gasteiger partial charge on any atom is -0.480 e. The molecule has 0 bridgehead atoms. The molecule has 34 heavy (non-hydrogen) atoms. The van der Waals surface area contributed by atoms with Gasteiger partial charge < -0.3 is 20.8 Å². The van der Waals surface area contributed by atoms with Crippen LogP contribution in [0.15, 0.2) is 0 Å². The van der Waals surface area contributed by atoms with Gasteiger partial charge in [-0.2, -0.15) is 13.2 Å². The Morgan fingerprint density at radius 3 is 1.53 bits per heavy atom. The number of carboxylic acids is 2. The molecule has 0 saturated heterocycles. The smallest absolute Gasteiger partial charge is 0.480 e. The second kappa shape index (κ2) is 22.9. The lowest BCUT2D eigenvalue weighted by Gasteiger charge is -2.12. The zero-order valence-corrected chi connectivity index (χ0v) is 20.9. The summed E-state index contributed by atoms with van der Waals surface area (Å²) in [5.74, 6) is -3.89. The fraction of sp³-hybridized carbons (Fsp3) is 0.875. The Labute approximate surface area is 202 Å². The van der Waals surface area contributed by atoms with E-state index in [0.29, 0.717) is 12.8 Å². The summed E-state index contributed by atoms with van der Waals surface area (Å²) in [5.41, 5.74) is 0. The molecule has 1 amide bonds. The van der Waals surface area contributed by atoms with Crippen LogP contribution in [0.4, 0.5) is 13.2 Å². The van der Waals surface area contributed by atoms with Crippen LogP contribution in [0.3, 0.4) is 0 Å². The van der Waals surface area contributed by atoms with E-state index in [-0.39, 0.29) is 5.91 Å². The summed E-state index contributed by atoms with van der Waals surface area (Å²) in [5, 5.41) is 22.0. The van der Waals surface area contributed by atoms with Crippen molar-refractivity contribution in [2.75, 3.05) is 13.1 Å². The zero-order valence-electron chi connectivity index (χ0n) is 20.9. The van der Waals surface area contributed by atoms with Crippen molar-refractivity contribution in [1.29, 1.82) is 0 Å². The van der Waals surface area contributed by atoms with Gasteiger partial charge in [0.2, 0.25) is 5.91 Å². The summed E-state index contributed by atoms with van der Waals surface area (Å²) in [7, 11) is 0. The number of halogens is 3. The number of carboxylic acid groups (broad SMARTS) is 2. The van der Waals surface area contributed by atoms with E-state index in [9.17, 15) is 22.8 Å². The van der Waals surface area contributed by atoms with E-state index in [2.05, 4.69) is 17.6 Å². The van der Waals surface area contributed by atoms with Crippen molar-refractivity contribution in [2.45, 2.75) is 122 Å². The van der Waals surface area contributed by atoms with Gasteiger partial charge in [0.25, 0.3) is 0 Å². The molecule has 0 heterocycles. The first-order chi connectivity index (χ1) is 16.1. The molecule has 0 aromatic rings. The number of nitrogens with one attached hydrogen (secondary N) is 2. The molecule has 1 unspecified atom stereocenters. The number of aliphatic carboxylic acids is 2. The number of amides is 1. The van der Waals surface area contributed by atoms with Gasteiger partial charge in [-0.25, -0.2) is 9.59 Å². The van der Waals surface area contributed by atoms with Crippen molar-refractivity contribution in [3.8, 4) is 0 Å². The highest BCUT2D eigenvalue weighted by atomic mass is 19.4. The molecular formula is C24H45F3N2O5. The fourth-order valence-corrected chi connectivity index (χ4v) is 3.19. The topological polar surface area (TPSA) is 116 Å². The molecule has 10 heteroatoms. The summed E-state index contributed by atoms with van der Waals surface area (Å²) in [6, 6.07) is -0.758. The summed E-state index contributed by atoms with van der Waals surface area (Å²) >= 11 is 0. The molecule has 0 fully saturated rings. The van der Waals surface area contributed by atoms with Crippen LogP contribution in [0.5, 0.6) is 0 Å². The first-order valence-electron chi connectivity index (χ1n) is 12.6. The lowest BCUT2D eigenvalue weighted by atomic mass is 10.1. The predicted molar refractivity (Wildman–Crippen MR) is 127 cm³/mol. The lowest BCUT2D eigenvalue weighted by Crippen LogP contribution is -2.40. The van der Waals surface area contributed by atoms with Crippen molar-refractivity contribution in [1.82, 2.24) is 10.6 Å². The Kier molecular flexibility index (Phi) is 23.1. The number of unbranched alkanes of at least 4 members (excludes halogenated alkanes) is 11. The maximum atomic E-state index is 11.7. The molecule has 0 saturated carbocycles. The van der Waals surface area contributed by atoms with E-state index in [1.807, 2.05) is 0 Å². The fourth-order valence-electron chi connectivity index (χ4n) is 3.19. The highest BCUT2D eigenvalue weighted by molar-refractivity contribution is 5.83. The van der Waals surface area contributed by atoms with Gasteiger partial charge in [-0.3, -0.25) is 4.79 Å². The van der Waals surface area contributed by atoms with Crippen molar-refractivity contribution in [3.63, 3.8) is 0 Å². The molecule has 0 aromatic heterocycles. The summed E-state index contributed by atoms with van der Waals surface area (Å²) in [6.45, 7) is 5.84. The third-order valence-electron chi connectivity index (χ3n) is 5.25. The summed E-state index contributed by atoms with van der Waals surface area (Å²) in [4.78, 5) is 31.4. The van der Waals surface area contributed by atoms with Gasteiger partial charge >= 0.3 is 18.1 Å². The maximum absolute atomic E-state index is 11.7. The van der Waals surface area contributed by atoms with Crippen molar-refractivity contribution < 1.29 is 37.8 Å². The zero-order chi connectivity index (χ0) is 26.2. The monoisotopic (exact) mass is 498 g/mol. The second-order valence-electron chi connectivity index (χ2n) is 8.41. The third kappa shape index (κ3) is 24.8. The molecule has 1 atom stereocenters. The normalized spacial score (nSPS) is 11.9. The number of rotatable bonds is 20. The van der Waals surface area contributed by atoms with Crippen LogP contribution >= 0.6 is 0 Å². The SMILES string of the molecule is CCCCCCCCCCCCCCNCCCC(=O)NC(CC)C(=O)O.O=C(O)C(F)(F)F.